The standard InChI is InChI=1S/C24H27N3O/c1-17-8-6-12-25-23(17)21-14-20(28-16-19-10-4-3-5-11-19)15-22(27-21)24-18(2)9-7-13-26-24/h3-13,20-22,27H,14-16H2,1-2H3. The third kappa shape index (κ3) is 4.29. The summed E-state index contributed by atoms with van der Waals surface area (Å²) in [6, 6.07) is 18.9. The topological polar surface area (TPSA) is 47.0 Å². The van der Waals surface area contributed by atoms with Crippen molar-refractivity contribution in [3.05, 3.63) is 95.1 Å². The maximum Gasteiger partial charge on any atom is 0.0720 e. The van der Waals surface area contributed by atoms with E-state index in [1.807, 2.05) is 30.6 Å². The van der Waals surface area contributed by atoms with Gasteiger partial charge in [-0.15, -0.1) is 0 Å². The Morgan fingerprint density at radius 2 is 1.39 bits per heavy atom. The van der Waals surface area contributed by atoms with Crippen LogP contribution in [0.1, 0.15) is 53.0 Å². The molecule has 3 aromatic rings. The maximum absolute atomic E-state index is 6.36. The summed E-state index contributed by atoms with van der Waals surface area (Å²) < 4.78 is 6.36. The van der Waals surface area contributed by atoms with E-state index in [2.05, 4.69) is 65.5 Å². The number of benzene rings is 1. The second-order valence-electron chi connectivity index (χ2n) is 7.57. The Labute approximate surface area is 167 Å². The molecule has 0 aliphatic carbocycles. The first-order valence-corrected chi connectivity index (χ1v) is 9.95. The molecule has 1 N–H and O–H groups in total. The molecule has 0 spiro atoms. The molecule has 4 rings (SSSR count). The second kappa shape index (κ2) is 8.63. The zero-order valence-electron chi connectivity index (χ0n) is 16.5. The van der Waals surface area contributed by atoms with Crippen LogP contribution in [-0.4, -0.2) is 16.1 Å². The number of aryl methyl sites for hydroxylation is 2. The fourth-order valence-corrected chi connectivity index (χ4v) is 4.03. The number of nitrogens with zero attached hydrogens (tertiary/aromatic N) is 2. The van der Waals surface area contributed by atoms with Gasteiger partial charge >= 0.3 is 0 Å². The second-order valence-corrected chi connectivity index (χ2v) is 7.57. The molecule has 1 saturated heterocycles. The summed E-state index contributed by atoms with van der Waals surface area (Å²) in [5, 5.41) is 3.79. The average molecular weight is 374 g/mol. The number of pyridine rings is 2. The van der Waals surface area contributed by atoms with Crippen LogP contribution in [0, 0.1) is 13.8 Å². The van der Waals surface area contributed by atoms with Crippen molar-refractivity contribution in [1.29, 1.82) is 0 Å². The van der Waals surface area contributed by atoms with Gasteiger partial charge in [-0.05, 0) is 55.5 Å². The molecule has 2 unspecified atom stereocenters. The monoisotopic (exact) mass is 373 g/mol. The largest absolute Gasteiger partial charge is 0.373 e. The first-order valence-electron chi connectivity index (χ1n) is 9.95. The maximum atomic E-state index is 6.36. The van der Waals surface area contributed by atoms with Crippen molar-refractivity contribution >= 4 is 0 Å². The Kier molecular flexibility index (Phi) is 5.79. The van der Waals surface area contributed by atoms with Gasteiger partial charge in [0.15, 0.2) is 0 Å². The van der Waals surface area contributed by atoms with Crippen LogP contribution in [0.3, 0.4) is 0 Å². The molecule has 0 saturated carbocycles. The molecular weight excluding hydrogens is 346 g/mol. The van der Waals surface area contributed by atoms with Gasteiger partial charge in [0.05, 0.1) is 36.2 Å². The number of nitrogens with one attached hydrogen (secondary N) is 1. The van der Waals surface area contributed by atoms with Gasteiger partial charge < -0.3 is 10.1 Å². The molecule has 4 heteroatoms. The van der Waals surface area contributed by atoms with E-state index in [-0.39, 0.29) is 18.2 Å². The molecule has 3 heterocycles. The minimum atomic E-state index is 0.152. The van der Waals surface area contributed by atoms with Crippen LogP contribution in [0.15, 0.2) is 67.0 Å². The van der Waals surface area contributed by atoms with E-state index in [4.69, 9.17) is 4.74 Å². The van der Waals surface area contributed by atoms with Gasteiger partial charge in [-0.3, -0.25) is 9.97 Å². The van der Waals surface area contributed by atoms with Crippen molar-refractivity contribution in [3.63, 3.8) is 0 Å². The molecule has 4 nitrogen and oxygen atoms in total. The zero-order chi connectivity index (χ0) is 19.3. The van der Waals surface area contributed by atoms with Crippen LogP contribution >= 0.6 is 0 Å². The number of aromatic nitrogens is 2. The van der Waals surface area contributed by atoms with E-state index in [9.17, 15) is 0 Å². The van der Waals surface area contributed by atoms with Gasteiger partial charge in [-0.2, -0.15) is 0 Å². The van der Waals surface area contributed by atoms with Crippen molar-refractivity contribution in [2.45, 2.75) is 51.5 Å². The van der Waals surface area contributed by atoms with Crippen LogP contribution in [0.4, 0.5) is 0 Å². The predicted molar refractivity (Wildman–Crippen MR) is 111 cm³/mol. The van der Waals surface area contributed by atoms with E-state index in [1.54, 1.807) is 0 Å². The number of hydrogen-bond acceptors (Lipinski definition) is 4. The third-order valence-corrected chi connectivity index (χ3v) is 5.49. The first-order chi connectivity index (χ1) is 13.7. The van der Waals surface area contributed by atoms with E-state index in [0.29, 0.717) is 6.61 Å². The van der Waals surface area contributed by atoms with Crippen LogP contribution in [0.25, 0.3) is 0 Å². The summed E-state index contributed by atoms with van der Waals surface area (Å²) in [5.41, 5.74) is 5.83. The molecule has 1 aliphatic heterocycles. The van der Waals surface area contributed by atoms with Crippen molar-refractivity contribution in [1.82, 2.24) is 15.3 Å². The smallest absolute Gasteiger partial charge is 0.0720 e. The summed E-state index contributed by atoms with van der Waals surface area (Å²) in [4.78, 5) is 9.33. The SMILES string of the molecule is Cc1cccnc1C1CC(OCc2ccccc2)CC(c2ncccc2C)N1. The Morgan fingerprint density at radius 3 is 1.93 bits per heavy atom. The lowest BCUT2D eigenvalue weighted by Gasteiger charge is -2.36. The predicted octanol–water partition coefficient (Wildman–Crippen LogP) is 4.84. The summed E-state index contributed by atoms with van der Waals surface area (Å²) >= 11 is 0. The molecule has 2 atom stereocenters. The van der Waals surface area contributed by atoms with Crippen molar-refractivity contribution in [2.24, 2.45) is 0 Å². The Bertz CT molecular complexity index is 859. The minimum Gasteiger partial charge on any atom is -0.373 e. The molecule has 2 aromatic heterocycles. The highest BCUT2D eigenvalue weighted by atomic mass is 16.5. The Morgan fingerprint density at radius 1 is 0.821 bits per heavy atom. The first kappa shape index (κ1) is 18.8. The average Bonchev–Trinajstić information content (AvgIpc) is 2.73. The van der Waals surface area contributed by atoms with E-state index < -0.39 is 0 Å². The van der Waals surface area contributed by atoms with E-state index in [0.717, 1.165) is 24.2 Å². The summed E-state index contributed by atoms with van der Waals surface area (Å²) in [6.07, 6.45) is 5.72. The molecule has 0 radical (unpaired) electrons. The number of rotatable bonds is 5. The molecule has 1 fully saturated rings. The molecule has 0 bridgehead atoms. The van der Waals surface area contributed by atoms with Crippen LogP contribution in [-0.2, 0) is 11.3 Å². The van der Waals surface area contributed by atoms with Gasteiger partial charge in [-0.25, -0.2) is 0 Å². The van der Waals surface area contributed by atoms with Gasteiger partial charge in [0.2, 0.25) is 0 Å². The summed E-state index contributed by atoms with van der Waals surface area (Å²) in [7, 11) is 0. The zero-order valence-corrected chi connectivity index (χ0v) is 16.5. The third-order valence-electron chi connectivity index (χ3n) is 5.49. The minimum absolute atomic E-state index is 0.152. The van der Waals surface area contributed by atoms with Crippen LogP contribution < -0.4 is 5.32 Å². The van der Waals surface area contributed by atoms with Gasteiger partial charge in [0.25, 0.3) is 0 Å². The highest BCUT2D eigenvalue weighted by Gasteiger charge is 2.33. The Hall–Kier alpha value is -2.56. The molecule has 1 aromatic carbocycles. The molecule has 0 amide bonds. The number of ether oxygens (including phenoxy) is 1. The van der Waals surface area contributed by atoms with Crippen molar-refractivity contribution < 1.29 is 4.74 Å². The normalized spacial score (nSPS) is 22.1. The highest BCUT2D eigenvalue weighted by molar-refractivity contribution is 5.26. The van der Waals surface area contributed by atoms with Gasteiger partial charge in [-0.1, -0.05) is 42.5 Å². The van der Waals surface area contributed by atoms with Gasteiger partial charge in [0.1, 0.15) is 0 Å². The Balaban J connectivity index is 1.57. The van der Waals surface area contributed by atoms with Crippen molar-refractivity contribution in [2.75, 3.05) is 0 Å². The fourth-order valence-electron chi connectivity index (χ4n) is 4.03. The van der Waals surface area contributed by atoms with Gasteiger partial charge in [0, 0.05) is 12.4 Å². The van der Waals surface area contributed by atoms with Crippen LogP contribution in [0.5, 0.6) is 0 Å². The van der Waals surface area contributed by atoms with Crippen molar-refractivity contribution in [3.8, 4) is 0 Å². The summed E-state index contributed by atoms with van der Waals surface area (Å²) in [6.45, 7) is 4.88. The fraction of sp³-hybridized carbons (Fsp3) is 0.333. The summed E-state index contributed by atoms with van der Waals surface area (Å²) in [5.74, 6) is 0. The molecular formula is C24H27N3O. The van der Waals surface area contributed by atoms with Crippen LogP contribution in [0.2, 0.25) is 0 Å². The molecule has 144 valence electrons. The number of hydrogen-bond donors (Lipinski definition) is 1. The lowest BCUT2D eigenvalue weighted by molar-refractivity contribution is -0.00266. The van der Waals surface area contributed by atoms with E-state index >= 15 is 0 Å². The lowest BCUT2D eigenvalue weighted by Crippen LogP contribution is -2.39. The number of piperidine rings is 1. The lowest BCUT2D eigenvalue weighted by atomic mass is 9.89. The van der Waals surface area contributed by atoms with E-state index in [1.165, 1.54) is 16.7 Å². The molecule has 28 heavy (non-hydrogen) atoms. The quantitative estimate of drug-likeness (QED) is 0.695. The molecule has 1 aliphatic rings. The highest BCUT2D eigenvalue weighted by Crippen LogP contribution is 2.35.